The fraction of sp³-hybridized carbons (Fsp3) is 0.565. The van der Waals surface area contributed by atoms with Crippen LogP contribution < -0.4 is 16.0 Å². The molecular weight excluding hydrogens is 392 g/mol. The molecular formula is C23H30N6O2. The van der Waals surface area contributed by atoms with Gasteiger partial charge in [0.25, 0.3) is 0 Å². The maximum absolute atomic E-state index is 12.1. The molecule has 0 atom stereocenters. The predicted molar refractivity (Wildman–Crippen MR) is 120 cm³/mol. The molecule has 2 aromatic heterocycles. The first-order valence-corrected chi connectivity index (χ1v) is 10.7. The number of fused-ring (bicyclic) bond motifs is 1. The SMILES string of the molecule is CC1(Nc2nc(C#N)cc3cnc(N[C@H]4C[C@](C)(NC(=O)OC(C)(C)C)C4)cc23)CC1. The summed E-state index contributed by atoms with van der Waals surface area (Å²) in [4.78, 5) is 21.1. The molecule has 2 aromatic rings. The van der Waals surface area contributed by atoms with Crippen molar-refractivity contribution in [1.29, 1.82) is 5.26 Å². The fourth-order valence-electron chi connectivity index (χ4n) is 3.97. The van der Waals surface area contributed by atoms with Crippen LogP contribution in [0.2, 0.25) is 0 Å². The lowest BCUT2D eigenvalue weighted by molar-refractivity contribution is 0.0393. The van der Waals surface area contributed by atoms with E-state index in [-0.39, 0.29) is 23.2 Å². The van der Waals surface area contributed by atoms with E-state index in [9.17, 15) is 10.1 Å². The van der Waals surface area contributed by atoms with Crippen molar-refractivity contribution in [3.8, 4) is 6.07 Å². The largest absolute Gasteiger partial charge is 0.444 e. The molecule has 8 nitrogen and oxygen atoms in total. The molecule has 0 radical (unpaired) electrons. The Labute approximate surface area is 182 Å². The third-order valence-electron chi connectivity index (χ3n) is 5.80. The molecule has 0 aromatic carbocycles. The number of ether oxygens (including phenoxy) is 1. The van der Waals surface area contributed by atoms with Crippen molar-refractivity contribution >= 4 is 28.5 Å². The highest BCUT2D eigenvalue weighted by atomic mass is 16.6. The predicted octanol–water partition coefficient (Wildman–Crippen LogP) is 4.32. The number of aromatic nitrogens is 2. The fourth-order valence-corrected chi connectivity index (χ4v) is 3.97. The van der Waals surface area contributed by atoms with Gasteiger partial charge in [0.15, 0.2) is 0 Å². The van der Waals surface area contributed by atoms with Gasteiger partial charge in [0.2, 0.25) is 0 Å². The molecule has 3 N–H and O–H groups in total. The van der Waals surface area contributed by atoms with Gasteiger partial charge in [0.1, 0.15) is 29.0 Å². The Bertz CT molecular complexity index is 1060. The second kappa shape index (κ2) is 7.26. The molecule has 164 valence electrons. The van der Waals surface area contributed by atoms with Crippen molar-refractivity contribution in [2.75, 3.05) is 10.6 Å². The molecule has 2 aliphatic rings. The minimum absolute atomic E-state index is 0.0496. The van der Waals surface area contributed by atoms with E-state index in [1.54, 1.807) is 12.3 Å². The zero-order valence-corrected chi connectivity index (χ0v) is 18.8. The van der Waals surface area contributed by atoms with Crippen molar-refractivity contribution < 1.29 is 9.53 Å². The summed E-state index contributed by atoms with van der Waals surface area (Å²) in [6.45, 7) is 9.74. The van der Waals surface area contributed by atoms with E-state index in [4.69, 9.17) is 4.74 Å². The summed E-state index contributed by atoms with van der Waals surface area (Å²) in [5, 5.41) is 21.1. The number of pyridine rings is 2. The summed E-state index contributed by atoms with van der Waals surface area (Å²) < 4.78 is 5.37. The standard InChI is InChI=1S/C23H30N6O2/c1-21(2,3)31-20(30)29-23(5)10-16(11-23)26-18-9-17-14(13-25-18)8-15(12-24)27-19(17)28-22(4)6-7-22/h8-9,13,16H,6-7,10-11H2,1-5H3,(H,25,26)(H,27,28)(H,29,30)/t16-,23-. The van der Waals surface area contributed by atoms with E-state index < -0.39 is 5.60 Å². The van der Waals surface area contributed by atoms with Crippen LogP contribution in [0.15, 0.2) is 18.3 Å². The molecule has 2 aliphatic carbocycles. The van der Waals surface area contributed by atoms with Crippen LogP contribution >= 0.6 is 0 Å². The number of alkyl carbamates (subject to hydrolysis) is 1. The van der Waals surface area contributed by atoms with Crippen LogP contribution in [0, 0.1) is 11.3 Å². The number of hydrogen-bond acceptors (Lipinski definition) is 7. The van der Waals surface area contributed by atoms with Gasteiger partial charge < -0.3 is 20.7 Å². The van der Waals surface area contributed by atoms with E-state index in [0.29, 0.717) is 5.69 Å². The minimum atomic E-state index is -0.514. The van der Waals surface area contributed by atoms with Gasteiger partial charge in [0, 0.05) is 34.1 Å². The van der Waals surface area contributed by atoms with Gasteiger partial charge in [-0.05, 0) is 72.4 Å². The summed E-state index contributed by atoms with van der Waals surface area (Å²) >= 11 is 0. The van der Waals surface area contributed by atoms with Crippen LogP contribution in [0.5, 0.6) is 0 Å². The van der Waals surface area contributed by atoms with Gasteiger partial charge in [-0.25, -0.2) is 14.8 Å². The number of anilines is 2. The third kappa shape index (κ3) is 4.98. The van der Waals surface area contributed by atoms with Gasteiger partial charge in [-0.1, -0.05) is 0 Å². The number of carbonyl (C=O) groups is 1. The monoisotopic (exact) mass is 422 g/mol. The first kappa shape index (κ1) is 21.2. The zero-order chi connectivity index (χ0) is 22.4. The zero-order valence-electron chi connectivity index (χ0n) is 18.8. The maximum Gasteiger partial charge on any atom is 0.408 e. The molecule has 0 spiro atoms. The quantitative estimate of drug-likeness (QED) is 0.658. The Morgan fingerprint density at radius 1 is 1.23 bits per heavy atom. The first-order valence-electron chi connectivity index (χ1n) is 10.7. The molecule has 8 heteroatoms. The minimum Gasteiger partial charge on any atom is -0.444 e. The summed E-state index contributed by atoms with van der Waals surface area (Å²) in [5.41, 5.74) is -0.384. The molecule has 31 heavy (non-hydrogen) atoms. The van der Waals surface area contributed by atoms with Crippen molar-refractivity contribution in [2.24, 2.45) is 0 Å². The molecule has 2 saturated carbocycles. The lowest BCUT2D eigenvalue weighted by Crippen LogP contribution is -2.59. The van der Waals surface area contributed by atoms with Gasteiger partial charge in [-0.2, -0.15) is 5.26 Å². The number of hydrogen-bond donors (Lipinski definition) is 3. The van der Waals surface area contributed by atoms with Crippen LogP contribution in [0.25, 0.3) is 10.8 Å². The Hall–Kier alpha value is -3.08. The topological polar surface area (TPSA) is 112 Å². The first-order chi connectivity index (χ1) is 14.5. The highest BCUT2D eigenvalue weighted by Gasteiger charge is 2.42. The lowest BCUT2D eigenvalue weighted by Gasteiger charge is -2.46. The summed E-state index contributed by atoms with van der Waals surface area (Å²) in [7, 11) is 0. The summed E-state index contributed by atoms with van der Waals surface area (Å²) in [6.07, 6.45) is 5.13. The highest BCUT2D eigenvalue weighted by Crippen LogP contribution is 2.40. The average Bonchev–Trinajstić information content (AvgIpc) is 3.35. The number of nitrogens with one attached hydrogen (secondary N) is 3. The van der Waals surface area contributed by atoms with Gasteiger partial charge in [-0.15, -0.1) is 0 Å². The number of nitrogens with zero attached hydrogens (tertiary/aromatic N) is 3. The van der Waals surface area contributed by atoms with Crippen LogP contribution in [0.1, 0.15) is 66.0 Å². The molecule has 2 heterocycles. The molecule has 2 fully saturated rings. The van der Waals surface area contributed by atoms with Crippen molar-refractivity contribution in [2.45, 2.75) is 83.0 Å². The normalized spacial score (nSPS) is 23.9. The number of amides is 1. The summed E-state index contributed by atoms with van der Waals surface area (Å²) in [5.74, 6) is 1.48. The van der Waals surface area contributed by atoms with E-state index in [2.05, 4.69) is 38.9 Å². The van der Waals surface area contributed by atoms with E-state index >= 15 is 0 Å². The average molecular weight is 423 g/mol. The lowest BCUT2D eigenvalue weighted by atomic mass is 9.74. The number of carbonyl (C=O) groups excluding carboxylic acids is 1. The molecule has 0 bridgehead atoms. The van der Waals surface area contributed by atoms with Crippen molar-refractivity contribution in [3.63, 3.8) is 0 Å². The van der Waals surface area contributed by atoms with E-state index in [0.717, 1.165) is 48.1 Å². The Kier molecular flexibility index (Phi) is 4.95. The van der Waals surface area contributed by atoms with Gasteiger partial charge in [-0.3, -0.25) is 0 Å². The van der Waals surface area contributed by atoms with Crippen molar-refractivity contribution in [3.05, 3.63) is 24.0 Å². The number of nitriles is 1. The Morgan fingerprint density at radius 3 is 2.55 bits per heavy atom. The van der Waals surface area contributed by atoms with Gasteiger partial charge in [0.05, 0.1) is 0 Å². The molecule has 0 aliphatic heterocycles. The number of rotatable bonds is 5. The highest BCUT2D eigenvalue weighted by molar-refractivity contribution is 5.94. The van der Waals surface area contributed by atoms with Gasteiger partial charge >= 0.3 is 6.09 Å². The van der Waals surface area contributed by atoms with Crippen molar-refractivity contribution in [1.82, 2.24) is 15.3 Å². The third-order valence-corrected chi connectivity index (χ3v) is 5.80. The van der Waals surface area contributed by atoms with E-state index in [1.807, 2.05) is 33.8 Å². The van der Waals surface area contributed by atoms with Crippen LogP contribution in [-0.4, -0.2) is 38.8 Å². The summed E-state index contributed by atoms with van der Waals surface area (Å²) in [6, 6.07) is 6.07. The van der Waals surface area contributed by atoms with Crippen LogP contribution in [-0.2, 0) is 4.74 Å². The van der Waals surface area contributed by atoms with Crippen LogP contribution in [0.3, 0.4) is 0 Å². The maximum atomic E-state index is 12.1. The van der Waals surface area contributed by atoms with E-state index in [1.165, 1.54) is 0 Å². The Balaban J connectivity index is 1.44. The smallest absolute Gasteiger partial charge is 0.408 e. The van der Waals surface area contributed by atoms with Crippen LogP contribution in [0.4, 0.5) is 16.4 Å². The second-order valence-corrected chi connectivity index (χ2v) is 10.4. The second-order valence-electron chi connectivity index (χ2n) is 10.4. The molecule has 0 unspecified atom stereocenters. The molecule has 1 amide bonds. The molecule has 4 rings (SSSR count). The molecule has 0 saturated heterocycles. The Morgan fingerprint density at radius 2 is 1.94 bits per heavy atom.